The molecule has 0 radical (unpaired) electrons. The SMILES string of the molecule is CO/C=C\Oc1ccc(-c2ccc(O)cc2)cc1. The van der Waals surface area contributed by atoms with E-state index in [0.717, 1.165) is 16.9 Å². The number of methoxy groups -OCH3 is 1. The molecule has 0 saturated heterocycles. The number of aromatic hydroxyl groups is 1. The minimum Gasteiger partial charge on any atom is -0.508 e. The first-order valence-corrected chi connectivity index (χ1v) is 5.53. The van der Waals surface area contributed by atoms with Crippen LogP contribution in [0.25, 0.3) is 11.1 Å². The summed E-state index contributed by atoms with van der Waals surface area (Å²) in [5, 5.41) is 9.23. The molecule has 0 heterocycles. The van der Waals surface area contributed by atoms with Gasteiger partial charge in [0.2, 0.25) is 0 Å². The number of rotatable bonds is 4. The van der Waals surface area contributed by atoms with Crippen LogP contribution in [0.4, 0.5) is 0 Å². The molecule has 2 aromatic carbocycles. The van der Waals surface area contributed by atoms with E-state index in [1.54, 1.807) is 19.2 Å². The molecule has 0 aliphatic carbocycles. The van der Waals surface area contributed by atoms with E-state index >= 15 is 0 Å². The van der Waals surface area contributed by atoms with E-state index < -0.39 is 0 Å². The minimum absolute atomic E-state index is 0.267. The van der Waals surface area contributed by atoms with Crippen molar-refractivity contribution in [2.45, 2.75) is 0 Å². The summed E-state index contributed by atoms with van der Waals surface area (Å²) in [4.78, 5) is 0. The van der Waals surface area contributed by atoms with Gasteiger partial charge in [0.25, 0.3) is 0 Å². The van der Waals surface area contributed by atoms with Gasteiger partial charge in [-0.1, -0.05) is 24.3 Å². The molecule has 92 valence electrons. The Bertz CT molecular complexity index is 512. The molecule has 3 heteroatoms. The monoisotopic (exact) mass is 242 g/mol. The topological polar surface area (TPSA) is 38.7 Å². The van der Waals surface area contributed by atoms with Crippen LogP contribution in [-0.2, 0) is 4.74 Å². The summed E-state index contributed by atoms with van der Waals surface area (Å²) < 4.78 is 10.0. The molecule has 0 bridgehead atoms. The van der Waals surface area contributed by atoms with Crippen LogP contribution in [0.3, 0.4) is 0 Å². The van der Waals surface area contributed by atoms with Gasteiger partial charge in [0.15, 0.2) is 0 Å². The van der Waals surface area contributed by atoms with E-state index in [9.17, 15) is 5.11 Å². The summed E-state index contributed by atoms with van der Waals surface area (Å²) >= 11 is 0. The highest BCUT2D eigenvalue weighted by molar-refractivity contribution is 5.64. The van der Waals surface area contributed by atoms with E-state index in [-0.39, 0.29) is 5.75 Å². The zero-order valence-corrected chi connectivity index (χ0v) is 10.0. The fourth-order valence-corrected chi connectivity index (χ4v) is 1.54. The van der Waals surface area contributed by atoms with Gasteiger partial charge >= 0.3 is 0 Å². The zero-order valence-electron chi connectivity index (χ0n) is 10.0. The van der Waals surface area contributed by atoms with Crippen molar-refractivity contribution in [1.29, 1.82) is 0 Å². The van der Waals surface area contributed by atoms with Gasteiger partial charge in [-0.15, -0.1) is 0 Å². The minimum atomic E-state index is 0.267. The predicted molar refractivity (Wildman–Crippen MR) is 70.3 cm³/mol. The standard InChI is InChI=1S/C15H14O3/c1-17-10-11-18-15-8-4-13(5-9-15)12-2-6-14(16)7-3-12/h2-11,16H,1H3/b11-10-. The summed E-state index contributed by atoms with van der Waals surface area (Å²) in [5.74, 6) is 1.01. The molecule has 18 heavy (non-hydrogen) atoms. The molecule has 2 aromatic rings. The predicted octanol–water partition coefficient (Wildman–Crippen LogP) is 3.56. The van der Waals surface area contributed by atoms with Gasteiger partial charge in [-0.05, 0) is 35.4 Å². The molecule has 0 aromatic heterocycles. The van der Waals surface area contributed by atoms with E-state index in [4.69, 9.17) is 9.47 Å². The van der Waals surface area contributed by atoms with Gasteiger partial charge in [0.05, 0.1) is 7.11 Å². The third-order valence-corrected chi connectivity index (χ3v) is 2.45. The summed E-state index contributed by atoms with van der Waals surface area (Å²) in [7, 11) is 1.56. The van der Waals surface area contributed by atoms with Crippen molar-refractivity contribution in [3.63, 3.8) is 0 Å². The average Bonchev–Trinajstić information content (AvgIpc) is 2.41. The molecule has 0 spiro atoms. The average molecular weight is 242 g/mol. The van der Waals surface area contributed by atoms with Crippen LogP contribution < -0.4 is 4.74 Å². The molecule has 0 fully saturated rings. The van der Waals surface area contributed by atoms with Crippen LogP contribution in [-0.4, -0.2) is 12.2 Å². The van der Waals surface area contributed by atoms with Crippen LogP contribution in [0, 0.1) is 0 Å². The molecule has 0 aliphatic rings. The van der Waals surface area contributed by atoms with Crippen LogP contribution in [0.5, 0.6) is 11.5 Å². The van der Waals surface area contributed by atoms with E-state index in [0.29, 0.717) is 0 Å². The van der Waals surface area contributed by atoms with Gasteiger partial charge < -0.3 is 14.6 Å². The van der Waals surface area contributed by atoms with Crippen LogP contribution >= 0.6 is 0 Å². The lowest BCUT2D eigenvalue weighted by atomic mass is 10.1. The zero-order chi connectivity index (χ0) is 12.8. The van der Waals surface area contributed by atoms with Gasteiger partial charge in [-0.25, -0.2) is 0 Å². The lowest BCUT2D eigenvalue weighted by Crippen LogP contribution is -1.83. The number of ether oxygens (including phenoxy) is 2. The number of phenols is 1. The lowest BCUT2D eigenvalue weighted by molar-refractivity contribution is 0.319. The second-order valence-corrected chi connectivity index (χ2v) is 3.70. The quantitative estimate of drug-likeness (QED) is 0.833. The second-order valence-electron chi connectivity index (χ2n) is 3.70. The summed E-state index contributed by atoms with van der Waals surface area (Å²) in [6.45, 7) is 0. The maximum Gasteiger partial charge on any atom is 0.126 e. The van der Waals surface area contributed by atoms with Crippen molar-refractivity contribution in [2.75, 3.05) is 7.11 Å². The number of hydrogen-bond donors (Lipinski definition) is 1. The fourth-order valence-electron chi connectivity index (χ4n) is 1.54. The molecule has 0 atom stereocenters. The van der Waals surface area contributed by atoms with E-state index in [1.165, 1.54) is 12.5 Å². The van der Waals surface area contributed by atoms with E-state index in [2.05, 4.69) is 0 Å². The van der Waals surface area contributed by atoms with Crippen molar-refractivity contribution in [3.05, 3.63) is 61.1 Å². The molecular formula is C15H14O3. The molecule has 3 nitrogen and oxygen atoms in total. The van der Waals surface area contributed by atoms with Crippen molar-refractivity contribution < 1.29 is 14.6 Å². The van der Waals surface area contributed by atoms with Gasteiger partial charge in [0, 0.05) is 0 Å². The molecule has 1 N–H and O–H groups in total. The number of phenolic OH excluding ortho intramolecular Hbond substituents is 1. The van der Waals surface area contributed by atoms with Crippen molar-refractivity contribution in [3.8, 4) is 22.6 Å². The maximum atomic E-state index is 9.23. The van der Waals surface area contributed by atoms with Crippen LogP contribution in [0.15, 0.2) is 61.1 Å². The van der Waals surface area contributed by atoms with Gasteiger partial charge in [0.1, 0.15) is 24.0 Å². The Kier molecular flexibility index (Phi) is 3.86. The van der Waals surface area contributed by atoms with E-state index in [1.807, 2.05) is 36.4 Å². The summed E-state index contributed by atoms with van der Waals surface area (Å²) in [6, 6.07) is 14.8. The Morgan fingerprint density at radius 1 is 0.833 bits per heavy atom. The number of hydrogen-bond acceptors (Lipinski definition) is 3. The third kappa shape index (κ3) is 3.04. The lowest BCUT2D eigenvalue weighted by Gasteiger charge is -2.04. The Morgan fingerprint density at radius 2 is 1.39 bits per heavy atom. The third-order valence-electron chi connectivity index (χ3n) is 2.45. The van der Waals surface area contributed by atoms with Gasteiger partial charge in [-0.2, -0.15) is 0 Å². The Labute approximate surface area is 106 Å². The smallest absolute Gasteiger partial charge is 0.126 e. The highest BCUT2D eigenvalue weighted by Gasteiger charge is 1.98. The molecule has 0 amide bonds. The highest BCUT2D eigenvalue weighted by Crippen LogP contribution is 2.24. The first kappa shape index (κ1) is 12.0. The van der Waals surface area contributed by atoms with Crippen molar-refractivity contribution >= 4 is 0 Å². The van der Waals surface area contributed by atoms with Crippen molar-refractivity contribution in [2.24, 2.45) is 0 Å². The Hall–Kier alpha value is -2.42. The number of benzene rings is 2. The fraction of sp³-hybridized carbons (Fsp3) is 0.0667. The van der Waals surface area contributed by atoms with Crippen LogP contribution in [0.2, 0.25) is 0 Å². The first-order valence-electron chi connectivity index (χ1n) is 5.53. The molecule has 0 saturated carbocycles. The first-order chi connectivity index (χ1) is 8.79. The Balaban J connectivity index is 2.12. The molecular weight excluding hydrogens is 228 g/mol. The van der Waals surface area contributed by atoms with Crippen molar-refractivity contribution in [1.82, 2.24) is 0 Å². The van der Waals surface area contributed by atoms with Crippen LogP contribution in [0.1, 0.15) is 0 Å². The largest absolute Gasteiger partial charge is 0.508 e. The second kappa shape index (κ2) is 5.77. The summed E-state index contributed by atoms with van der Waals surface area (Å²) in [5.41, 5.74) is 2.12. The Morgan fingerprint density at radius 3 is 1.94 bits per heavy atom. The molecule has 2 rings (SSSR count). The molecule has 0 aliphatic heterocycles. The summed E-state index contributed by atoms with van der Waals surface area (Å²) in [6.07, 6.45) is 2.95. The maximum absolute atomic E-state index is 9.23. The van der Waals surface area contributed by atoms with Gasteiger partial charge in [-0.3, -0.25) is 0 Å². The molecule has 0 unspecified atom stereocenters. The highest BCUT2D eigenvalue weighted by atomic mass is 16.5. The normalized spacial score (nSPS) is 10.5.